The number of thioether (sulfide) groups is 1. The molecule has 33 heavy (non-hydrogen) atoms. The topological polar surface area (TPSA) is 111 Å². The van der Waals surface area contributed by atoms with Gasteiger partial charge >= 0.3 is 0 Å². The maximum Gasteiger partial charge on any atom is 0.262 e. The molecule has 0 saturated heterocycles. The van der Waals surface area contributed by atoms with Crippen LogP contribution in [0.1, 0.15) is 23.7 Å². The number of primary amides is 1. The third kappa shape index (κ3) is 7.40. The van der Waals surface area contributed by atoms with E-state index in [-0.39, 0.29) is 23.7 Å². The molecule has 0 aliphatic heterocycles. The van der Waals surface area contributed by atoms with Gasteiger partial charge in [0.25, 0.3) is 5.91 Å². The molecule has 3 aromatic carbocycles. The van der Waals surface area contributed by atoms with E-state index < -0.39 is 5.91 Å². The second kappa shape index (κ2) is 11.7. The molecule has 170 valence electrons. The highest BCUT2D eigenvalue weighted by Gasteiger charge is 2.18. The minimum atomic E-state index is -0.520. The second-order valence-corrected chi connectivity index (χ2v) is 8.40. The molecule has 0 aromatic heterocycles. The summed E-state index contributed by atoms with van der Waals surface area (Å²) in [4.78, 5) is 37.0. The molecule has 0 fully saturated rings. The van der Waals surface area contributed by atoms with Crippen LogP contribution in [0.2, 0.25) is 0 Å². The van der Waals surface area contributed by atoms with Gasteiger partial charge in [0, 0.05) is 21.8 Å². The number of hydrogen-bond acceptors (Lipinski definition) is 5. The fraction of sp³-hybridized carbons (Fsp3) is 0.160. The summed E-state index contributed by atoms with van der Waals surface area (Å²) in [6, 6.07) is 22.9. The van der Waals surface area contributed by atoms with Gasteiger partial charge in [-0.1, -0.05) is 31.2 Å². The largest absolute Gasteiger partial charge is 0.484 e. The summed E-state index contributed by atoms with van der Waals surface area (Å²) in [6.45, 7) is 1.83. The van der Waals surface area contributed by atoms with E-state index in [2.05, 4.69) is 10.6 Å². The fourth-order valence-corrected chi connectivity index (χ4v) is 3.95. The Labute approximate surface area is 196 Å². The highest BCUT2D eigenvalue weighted by Crippen LogP contribution is 2.28. The van der Waals surface area contributed by atoms with Crippen LogP contribution in [0.25, 0.3) is 0 Å². The number of carbonyl (C=O) groups is 3. The summed E-state index contributed by atoms with van der Waals surface area (Å²) in [5, 5.41) is 5.33. The van der Waals surface area contributed by atoms with E-state index in [1.54, 1.807) is 42.5 Å². The maximum atomic E-state index is 12.7. The molecule has 0 radical (unpaired) electrons. The summed E-state index contributed by atoms with van der Waals surface area (Å²) in [5.74, 6) is -0.322. The molecule has 4 N–H and O–H groups in total. The van der Waals surface area contributed by atoms with Crippen molar-refractivity contribution in [1.82, 2.24) is 0 Å². The maximum absolute atomic E-state index is 12.7. The Kier molecular flexibility index (Phi) is 8.49. The highest BCUT2D eigenvalue weighted by molar-refractivity contribution is 8.00. The van der Waals surface area contributed by atoms with Crippen molar-refractivity contribution in [1.29, 1.82) is 0 Å². The van der Waals surface area contributed by atoms with Crippen molar-refractivity contribution >= 4 is 40.9 Å². The highest BCUT2D eigenvalue weighted by atomic mass is 32.2. The van der Waals surface area contributed by atoms with E-state index in [4.69, 9.17) is 10.5 Å². The lowest BCUT2D eigenvalue weighted by atomic mass is 10.2. The molecular formula is C25H25N3O4S. The monoisotopic (exact) mass is 463 g/mol. The van der Waals surface area contributed by atoms with Crippen molar-refractivity contribution in [2.45, 2.75) is 23.5 Å². The van der Waals surface area contributed by atoms with E-state index in [9.17, 15) is 14.4 Å². The first-order chi connectivity index (χ1) is 15.9. The first-order valence-corrected chi connectivity index (χ1v) is 11.3. The number of nitrogens with two attached hydrogens (primary N) is 1. The lowest BCUT2D eigenvalue weighted by Crippen LogP contribution is -2.24. The minimum Gasteiger partial charge on any atom is -0.484 e. The van der Waals surface area contributed by atoms with Crippen LogP contribution in [0.15, 0.2) is 83.8 Å². The Bertz CT molecular complexity index is 1100. The predicted octanol–water partition coefficient (Wildman–Crippen LogP) is 4.31. The van der Waals surface area contributed by atoms with Crippen molar-refractivity contribution in [3.8, 4) is 5.75 Å². The quantitative estimate of drug-likeness (QED) is 0.388. The molecular weight excluding hydrogens is 438 g/mol. The van der Waals surface area contributed by atoms with Crippen LogP contribution < -0.4 is 21.1 Å². The Morgan fingerprint density at radius 1 is 0.909 bits per heavy atom. The molecule has 0 aliphatic rings. The summed E-state index contributed by atoms with van der Waals surface area (Å²) in [7, 11) is 0. The van der Waals surface area contributed by atoms with Gasteiger partial charge in [-0.25, -0.2) is 0 Å². The van der Waals surface area contributed by atoms with Gasteiger partial charge in [0.15, 0.2) is 6.61 Å². The molecule has 0 spiro atoms. The molecule has 1 atom stereocenters. The second-order valence-electron chi connectivity index (χ2n) is 7.12. The molecule has 3 amide bonds. The van der Waals surface area contributed by atoms with E-state index >= 15 is 0 Å². The van der Waals surface area contributed by atoms with Crippen molar-refractivity contribution < 1.29 is 19.1 Å². The van der Waals surface area contributed by atoms with Crippen LogP contribution in [0, 0.1) is 0 Å². The van der Waals surface area contributed by atoms with Gasteiger partial charge in [0.05, 0.1) is 5.25 Å². The van der Waals surface area contributed by atoms with E-state index in [1.165, 1.54) is 11.8 Å². The zero-order valence-corrected chi connectivity index (χ0v) is 18.9. The van der Waals surface area contributed by atoms with Crippen molar-refractivity contribution in [3.63, 3.8) is 0 Å². The molecule has 0 saturated carbocycles. The molecule has 3 aromatic rings. The molecule has 7 nitrogen and oxygen atoms in total. The molecule has 0 aliphatic carbocycles. The Balaban J connectivity index is 1.56. The number of rotatable bonds is 10. The number of carbonyl (C=O) groups excluding carboxylic acids is 3. The molecule has 8 heteroatoms. The number of anilines is 2. The number of ether oxygens (including phenoxy) is 1. The third-order valence-electron chi connectivity index (χ3n) is 4.61. The summed E-state index contributed by atoms with van der Waals surface area (Å²) in [5.41, 5.74) is 6.83. The Morgan fingerprint density at radius 2 is 1.64 bits per heavy atom. The van der Waals surface area contributed by atoms with E-state index in [0.717, 1.165) is 4.90 Å². The van der Waals surface area contributed by atoms with Crippen molar-refractivity contribution in [2.75, 3.05) is 17.2 Å². The molecule has 0 heterocycles. The van der Waals surface area contributed by atoms with Crippen molar-refractivity contribution in [2.24, 2.45) is 5.73 Å². The van der Waals surface area contributed by atoms with Crippen LogP contribution >= 0.6 is 11.8 Å². The van der Waals surface area contributed by atoms with Crippen LogP contribution in [-0.2, 0) is 9.59 Å². The SMILES string of the molecule is CCC(Sc1cccc(NC(=O)COc2ccccc2)c1)C(=O)Nc1ccc(C(N)=O)cc1. The number of amides is 3. The normalized spacial score (nSPS) is 11.3. The third-order valence-corrected chi connectivity index (χ3v) is 5.97. The van der Waals surface area contributed by atoms with Gasteiger partial charge in [-0.3, -0.25) is 14.4 Å². The molecule has 1 unspecified atom stereocenters. The first kappa shape index (κ1) is 23.9. The zero-order chi connectivity index (χ0) is 23.6. The molecule has 0 bridgehead atoms. The standard InChI is InChI=1S/C25H25N3O4S/c1-2-22(25(31)28-18-13-11-17(12-14-18)24(26)30)33-21-10-6-7-19(15-21)27-23(29)16-32-20-8-4-3-5-9-20/h3-15,22H,2,16H2,1H3,(H2,26,30)(H,27,29)(H,28,31). The van der Waals surface area contributed by atoms with Gasteiger partial charge in [0.1, 0.15) is 5.75 Å². The van der Waals surface area contributed by atoms with Gasteiger partial charge in [-0.15, -0.1) is 11.8 Å². The van der Waals surface area contributed by atoms with E-state index in [1.807, 2.05) is 43.3 Å². The summed E-state index contributed by atoms with van der Waals surface area (Å²) >= 11 is 1.41. The lowest BCUT2D eigenvalue weighted by Gasteiger charge is -2.15. The predicted molar refractivity (Wildman–Crippen MR) is 131 cm³/mol. The van der Waals surface area contributed by atoms with Crippen LogP contribution in [-0.4, -0.2) is 29.6 Å². The van der Waals surface area contributed by atoms with Gasteiger partial charge in [-0.05, 0) is 61.0 Å². The van der Waals surface area contributed by atoms with Crippen LogP contribution in [0.5, 0.6) is 5.75 Å². The summed E-state index contributed by atoms with van der Waals surface area (Å²) in [6.07, 6.45) is 0.609. The first-order valence-electron chi connectivity index (χ1n) is 10.4. The molecule has 3 rings (SSSR count). The zero-order valence-electron chi connectivity index (χ0n) is 18.1. The van der Waals surface area contributed by atoms with Gasteiger partial charge < -0.3 is 21.1 Å². The number of para-hydroxylation sites is 1. The smallest absolute Gasteiger partial charge is 0.262 e. The number of nitrogens with one attached hydrogen (secondary N) is 2. The van der Waals surface area contributed by atoms with Crippen molar-refractivity contribution in [3.05, 3.63) is 84.4 Å². The average Bonchev–Trinajstić information content (AvgIpc) is 2.82. The average molecular weight is 464 g/mol. The number of hydrogen-bond donors (Lipinski definition) is 3. The Hall–Kier alpha value is -3.78. The fourth-order valence-electron chi connectivity index (χ4n) is 2.94. The summed E-state index contributed by atoms with van der Waals surface area (Å²) < 4.78 is 5.46. The lowest BCUT2D eigenvalue weighted by molar-refractivity contribution is -0.118. The minimum absolute atomic E-state index is 0.101. The van der Waals surface area contributed by atoms with E-state index in [0.29, 0.717) is 29.1 Å². The number of benzene rings is 3. The van der Waals surface area contributed by atoms with Gasteiger partial charge in [-0.2, -0.15) is 0 Å². The van der Waals surface area contributed by atoms with Gasteiger partial charge in [0.2, 0.25) is 11.8 Å². The van der Waals surface area contributed by atoms with Crippen LogP contribution in [0.3, 0.4) is 0 Å². The Morgan fingerprint density at radius 3 is 2.30 bits per heavy atom. The van der Waals surface area contributed by atoms with Crippen LogP contribution in [0.4, 0.5) is 11.4 Å².